The van der Waals surface area contributed by atoms with E-state index in [-0.39, 0.29) is 129 Å². The van der Waals surface area contributed by atoms with Gasteiger partial charge < -0.3 is 134 Å². The number of thiocarbonyl (C=S) groups is 2. The highest BCUT2D eigenvalue weighted by Crippen LogP contribution is 2.47. The highest BCUT2D eigenvalue weighted by atomic mass is 33.1. The number of nitrogens with one attached hydrogen (secondary N) is 5. The van der Waals surface area contributed by atoms with Crippen molar-refractivity contribution in [1.82, 2.24) is 36.6 Å². The van der Waals surface area contributed by atoms with E-state index in [1.54, 1.807) is 104 Å². The maximum atomic E-state index is 14.5. The summed E-state index contributed by atoms with van der Waals surface area (Å²) >= 11 is 13.7. The first-order valence-corrected chi connectivity index (χ1v) is 54.6. The average molecular weight is 2200 g/mol. The molecule has 0 bridgehead atoms. The Morgan fingerprint density at radius 2 is 0.884 bits per heavy atom. The second-order valence-electron chi connectivity index (χ2n) is 34.2. The summed E-state index contributed by atoms with van der Waals surface area (Å²) in [5.74, 6) is -1.36. The van der Waals surface area contributed by atoms with Gasteiger partial charge in [-0.2, -0.15) is 10.5 Å². The van der Waals surface area contributed by atoms with Crippen molar-refractivity contribution in [3.05, 3.63) is 145 Å². The molecule has 5 amide bonds. The van der Waals surface area contributed by atoms with Crippen molar-refractivity contribution in [2.75, 3.05) is 176 Å². The molecule has 4 aromatic rings. The van der Waals surface area contributed by atoms with Crippen molar-refractivity contribution in [2.24, 2.45) is 10.8 Å². The molecule has 6 rings (SSSR count). The Labute approximate surface area is 891 Å². The molecule has 0 aliphatic carbocycles. The van der Waals surface area contributed by atoms with E-state index in [1.807, 2.05) is 97.1 Å². The van der Waals surface area contributed by atoms with E-state index in [1.165, 1.54) is 32.5 Å². The number of amides is 5. The Kier molecular flexibility index (Phi) is 70.1. The van der Waals surface area contributed by atoms with Gasteiger partial charge in [0.05, 0.1) is 168 Å². The lowest BCUT2D eigenvalue weighted by Gasteiger charge is -2.42. The smallest absolute Gasteiger partial charge is 0.305 e. The lowest BCUT2D eigenvalue weighted by Crippen LogP contribution is -2.64. The van der Waals surface area contributed by atoms with Crippen LogP contribution < -0.4 is 26.6 Å². The van der Waals surface area contributed by atoms with Gasteiger partial charge in [0.15, 0.2) is 18.4 Å². The van der Waals surface area contributed by atoms with Crippen molar-refractivity contribution in [3.63, 3.8) is 0 Å². The third kappa shape index (κ3) is 57.8. The van der Waals surface area contributed by atoms with Crippen LogP contribution in [0.2, 0.25) is 0 Å². The number of aliphatic hydroxyl groups is 8. The molecule has 16 atom stereocenters. The zero-order chi connectivity index (χ0) is 108. The highest BCUT2D eigenvalue weighted by molar-refractivity contribution is 8.77. The minimum atomic E-state index is -1.48. The zero-order valence-corrected chi connectivity index (χ0v) is 91.1. The van der Waals surface area contributed by atoms with Gasteiger partial charge in [-0.1, -0.05) is 162 Å². The maximum Gasteiger partial charge on any atom is 0.305 e. The number of aliphatic hydroxyl groups excluding tert-OH is 8. The van der Waals surface area contributed by atoms with E-state index < -0.39 is 137 Å². The van der Waals surface area contributed by atoms with Crippen molar-refractivity contribution in [3.8, 4) is 12.1 Å². The van der Waals surface area contributed by atoms with Crippen molar-refractivity contribution < 1.29 is 146 Å². The molecule has 2 aromatic carbocycles. The van der Waals surface area contributed by atoms with Crippen LogP contribution in [0.1, 0.15) is 132 Å². The van der Waals surface area contributed by atoms with Gasteiger partial charge >= 0.3 is 11.9 Å². The molecule has 146 heavy (non-hydrogen) atoms. The Morgan fingerprint density at radius 1 is 0.479 bits per heavy atom. The number of ketones is 1. The number of aromatic nitrogens is 2. The average Bonchev–Trinajstić information content (AvgIpc) is 0.818. The fraction of sp³-hybridized carbons (Fsp3) is 0.616. The lowest BCUT2D eigenvalue weighted by atomic mass is 9.67. The number of esters is 2. The van der Waals surface area contributed by atoms with Gasteiger partial charge in [-0.15, -0.1) is 0 Å². The predicted octanol–water partition coefficient (Wildman–Crippen LogP) is 7.50. The summed E-state index contributed by atoms with van der Waals surface area (Å²) < 4.78 is 75.8. The fourth-order valence-corrected chi connectivity index (χ4v) is 20.2. The molecule has 4 heterocycles. The molecular weight excluding hydrogens is 2050 g/mol. The van der Waals surface area contributed by atoms with E-state index in [0.717, 1.165) is 38.9 Å². The molecule has 2 aliphatic rings. The number of ether oxygens (including phenoxy) is 14. The third-order valence-electron chi connectivity index (χ3n) is 20.8. The first kappa shape index (κ1) is 133. The van der Waals surface area contributed by atoms with E-state index >= 15 is 0 Å². The van der Waals surface area contributed by atoms with Gasteiger partial charge in [0.25, 0.3) is 0 Å². The minimum Gasteiger partial charge on any atom is -0.463 e. The van der Waals surface area contributed by atoms with Crippen molar-refractivity contribution >= 4 is 147 Å². The van der Waals surface area contributed by atoms with Crippen LogP contribution in [0.5, 0.6) is 0 Å². The summed E-state index contributed by atoms with van der Waals surface area (Å²) in [6, 6.07) is 32.7. The van der Waals surface area contributed by atoms with Gasteiger partial charge in [-0.05, 0) is 143 Å². The van der Waals surface area contributed by atoms with Gasteiger partial charge in [0.2, 0.25) is 29.5 Å². The fourth-order valence-electron chi connectivity index (χ4n) is 13.2. The number of carbonyl (C=O) groups excluding carboxylic acids is 8. The van der Waals surface area contributed by atoms with E-state index in [4.69, 9.17) is 95.9 Å². The number of rotatable bonds is 69. The van der Waals surface area contributed by atoms with Crippen molar-refractivity contribution in [1.29, 1.82) is 10.5 Å². The number of thioether (sulfide) groups is 2. The molecule has 39 nitrogen and oxygen atoms in total. The predicted molar refractivity (Wildman–Crippen MR) is 566 cm³/mol. The Bertz CT molecular complexity index is 4540. The summed E-state index contributed by atoms with van der Waals surface area (Å²) in [6.45, 7) is 27.5. The standard InChI is InChI=1S/C49H73N5O15S4.C26H32N2O5S4.C17H29NO8.C7H13NO2/c1-34(56)29-53-46(62)49(5,72-44(70)36-11-7-6-8-12-36)32-48(4,45(61)52-17-18-63-24-26-68-43-40(54-35(2)57)42(60)41(59)37(30-55)69-43)31-47(3,33-50)15-14-39(58)67-25-23-65-20-19-64-21-22-66-27-28-71-73-38-13-9-10-16-51-38;1-26(21-27,36-25(34)22-7-3-2-4-8-22)11-10-24(29)33-18-17-31-14-13-30-15-16-32-19-20-35-37-23-9-5-6-12-28-23;1-10(2)12(21)5-4-6-24-7-8-25-17-14(18-11(3)20)16(23)15(22)13(9-19)26-17;1-5(2)7(10)8-4-6(3)9/h6-13,16,34,37,40-43,55-56,59-60H,14-15,17-32H2,1-5H3,(H,52,61)(H,53,62)(H,54,57);2-9,12H,10-11,13-20H2,1H3;13-17,19,22-23H,1,4-9H2,2-3H3,(H,18,20);6,9H,1,4H2,2-3H3,(H,8,10). The number of Topliss-reactive ketones (excluding diaryl/α,β-unsaturated/α-hetero) is 1. The monoisotopic (exact) mass is 2200 g/mol. The van der Waals surface area contributed by atoms with Gasteiger partial charge in [0.1, 0.15) is 76.7 Å². The number of hydrogen-bond donors (Lipinski definition) is 13. The zero-order valence-electron chi connectivity index (χ0n) is 84.6. The van der Waals surface area contributed by atoms with Crippen LogP contribution in [-0.4, -0.2) is 366 Å². The number of nitrogens with zero attached hydrogens (tertiary/aromatic N) is 4. The summed E-state index contributed by atoms with van der Waals surface area (Å²) in [5, 5.41) is 114. The number of hydrogen-bond acceptors (Lipinski definition) is 42. The molecule has 0 radical (unpaired) electrons. The second kappa shape index (κ2) is 77.0. The van der Waals surface area contributed by atoms with Crippen LogP contribution in [0, 0.1) is 33.5 Å². The van der Waals surface area contributed by atoms with Gasteiger partial charge in [-0.3, -0.25) is 38.4 Å². The van der Waals surface area contributed by atoms with Crippen LogP contribution >= 0.6 is 91.1 Å². The molecule has 816 valence electrons. The molecule has 16 unspecified atom stereocenters. The number of nitriles is 2. The summed E-state index contributed by atoms with van der Waals surface area (Å²) in [7, 11) is 6.60. The topological polar surface area (TPSA) is 561 Å². The quantitative estimate of drug-likeness (QED) is 0.00668. The summed E-state index contributed by atoms with van der Waals surface area (Å²) in [6.07, 6.45) is -6.83. The number of allylic oxidation sites excluding steroid dienone is 1. The maximum absolute atomic E-state index is 14.5. The van der Waals surface area contributed by atoms with Crippen LogP contribution in [-0.2, 0) is 105 Å². The van der Waals surface area contributed by atoms with E-state index in [9.17, 15) is 84.6 Å². The van der Waals surface area contributed by atoms with Crippen LogP contribution in [0.3, 0.4) is 0 Å². The van der Waals surface area contributed by atoms with Crippen LogP contribution in [0.25, 0.3) is 0 Å². The first-order valence-electron chi connectivity index (χ1n) is 47.5. The number of benzene rings is 2. The highest BCUT2D eigenvalue weighted by Gasteiger charge is 2.51. The SMILES string of the molecule is C=C(C)C(=O)CCCOCCOC1OC(CO)C(O)C(O)C1NC(C)=O.C=C(C)C(=O)NCC(C)O.CC(=O)NC1C(OCCOCCNC(=O)C(C)(CC(C)(C#N)CCC(=O)OCCOCCOCCOCCSSc2ccccn2)CC(C)(SC(=S)c2ccccc2)C(=O)NCC(C)O)OC(CO)C(O)C1O.CC(C#N)(CCC(=O)OCCOCCOCCOCCSSc1ccccn1)SC(=S)c1ccccc1. The third-order valence-corrected chi connectivity index (χ3v) is 28.6. The summed E-state index contributed by atoms with van der Waals surface area (Å²) in [5.41, 5.74) is -0.159. The van der Waals surface area contributed by atoms with E-state index in [0.29, 0.717) is 117 Å². The molecule has 2 fully saturated rings. The molecule has 2 aromatic heterocycles. The molecule has 2 saturated heterocycles. The lowest BCUT2D eigenvalue weighted by molar-refractivity contribution is -0.272. The normalized spacial score (nSPS) is 19.3. The first-order chi connectivity index (χ1) is 69.7. The van der Waals surface area contributed by atoms with Crippen molar-refractivity contribution in [2.45, 2.75) is 214 Å². The number of pyridine rings is 2. The number of carbonyl (C=O) groups is 8. The van der Waals surface area contributed by atoms with Crippen LogP contribution in [0.4, 0.5) is 0 Å². The Morgan fingerprint density at radius 3 is 1.29 bits per heavy atom. The molecule has 13 N–H and O–H groups in total. The largest absolute Gasteiger partial charge is 0.463 e. The van der Waals surface area contributed by atoms with Gasteiger partial charge in [0, 0.05) is 94.2 Å². The summed E-state index contributed by atoms with van der Waals surface area (Å²) in [4.78, 5) is 107. The van der Waals surface area contributed by atoms with Crippen LogP contribution in [0.15, 0.2) is 144 Å². The molecular formula is C99H147N9O30S8. The van der Waals surface area contributed by atoms with Gasteiger partial charge in [-0.25, -0.2) is 9.97 Å². The van der Waals surface area contributed by atoms with E-state index in [2.05, 4.69) is 61.8 Å². The molecule has 2 aliphatic heterocycles. The molecule has 0 spiro atoms. The molecule has 47 heteroatoms. The Balaban J connectivity index is 0.000000614. The minimum absolute atomic E-state index is 0.00111. The Hall–Kier alpha value is -7.36. The molecule has 0 saturated carbocycles. The second-order valence-corrected chi connectivity index (χ2v) is 43.5.